The Morgan fingerprint density at radius 1 is 1.24 bits per heavy atom. The molecule has 1 aliphatic rings. The summed E-state index contributed by atoms with van der Waals surface area (Å²) < 4.78 is 5.20. The minimum atomic E-state index is -0.972. The van der Waals surface area contributed by atoms with Gasteiger partial charge in [-0.05, 0) is 43.2 Å². The van der Waals surface area contributed by atoms with E-state index in [2.05, 4.69) is 22.3 Å². The van der Waals surface area contributed by atoms with Crippen LogP contribution in [0.3, 0.4) is 0 Å². The molecule has 110 valence electrons. The van der Waals surface area contributed by atoms with Gasteiger partial charge >= 0.3 is 5.97 Å². The van der Waals surface area contributed by atoms with Crippen molar-refractivity contribution in [3.05, 3.63) is 47.9 Å². The summed E-state index contributed by atoms with van der Waals surface area (Å²) in [4.78, 5) is 13.2. The molecular weight excluding hydrogens is 268 g/mol. The normalized spacial score (nSPS) is 14.4. The SMILES string of the molecule is O=C(O)c1coc(CNc2ccc(N3CCCC3)cc2)c1. The fraction of sp³-hybridized carbons (Fsp3) is 0.312. The minimum absolute atomic E-state index is 0.177. The van der Waals surface area contributed by atoms with E-state index in [1.165, 1.54) is 30.9 Å². The Balaban J connectivity index is 1.58. The van der Waals surface area contributed by atoms with Gasteiger partial charge in [-0.25, -0.2) is 4.79 Å². The lowest BCUT2D eigenvalue weighted by Gasteiger charge is -2.17. The molecule has 0 atom stereocenters. The van der Waals surface area contributed by atoms with Crippen molar-refractivity contribution in [2.24, 2.45) is 0 Å². The molecule has 0 saturated carbocycles. The van der Waals surface area contributed by atoms with Crippen LogP contribution < -0.4 is 10.2 Å². The molecule has 0 spiro atoms. The summed E-state index contributed by atoms with van der Waals surface area (Å²) in [5, 5.41) is 12.1. The summed E-state index contributed by atoms with van der Waals surface area (Å²) in [7, 11) is 0. The standard InChI is InChI=1S/C16H18N2O3/c19-16(20)12-9-15(21-11-12)10-17-13-3-5-14(6-4-13)18-7-1-2-8-18/h3-6,9,11,17H,1-2,7-8,10H2,(H,19,20). The molecule has 2 N–H and O–H groups in total. The van der Waals surface area contributed by atoms with Crippen molar-refractivity contribution in [1.82, 2.24) is 0 Å². The second-order valence-corrected chi connectivity index (χ2v) is 5.20. The van der Waals surface area contributed by atoms with Crippen molar-refractivity contribution in [1.29, 1.82) is 0 Å². The molecule has 0 radical (unpaired) electrons. The Morgan fingerprint density at radius 2 is 1.95 bits per heavy atom. The van der Waals surface area contributed by atoms with Gasteiger partial charge in [0.1, 0.15) is 12.0 Å². The lowest BCUT2D eigenvalue weighted by atomic mass is 10.2. The van der Waals surface area contributed by atoms with E-state index in [1.54, 1.807) is 0 Å². The second-order valence-electron chi connectivity index (χ2n) is 5.20. The summed E-state index contributed by atoms with van der Waals surface area (Å²) in [5.41, 5.74) is 2.42. The largest absolute Gasteiger partial charge is 0.478 e. The molecule has 5 nitrogen and oxygen atoms in total. The number of carbonyl (C=O) groups is 1. The second kappa shape index (κ2) is 5.91. The topological polar surface area (TPSA) is 65.7 Å². The molecule has 0 unspecified atom stereocenters. The number of nitrogens with one attached hydrogen (secondary N) is 1. The van der Waals surface area contributed by atoms with Crippen LogP contribution in [-0.2, 0) is 6.54 Å². The van der Waals surface area contributed by atoms with Crippen LogP contribution in [0, 0.1) is 0 Å². The first kappa shape index (κ1) is 13.5. The van der Waals surface area contributed by atoms with Crippen LogP contribution in [0.4, 0.5) is 11.4 Å². The van der Waals surface area contributed by atoms with Crippen LogP contribution in [0.25, 0.3) is 0 Å². The molecule has 2 aromatic rings. The minimum Gasteiger partial charge on any atom is -0.478 e. The number of benzene rings is 1. The molecule has 5 heteroatoms. The van der Waals surface area contributed by atoms with E-state index in [0.717, 1.165) is 18.8 Å². The van der Waals surface area contributed by atoms with Gasteiger partial charge in [0.15, 0.2) is 0 Å². The summed E-state index contributed by atoms with van der Waals surface area (Å²) in [6.45, 7) is 2.74. The van der Waals surface area contributed by atoms with E-state index in [9.17, 15) is 4.79 Å². The zero-order valence-electron chi connectivity index (χ0n) is 11.7. The molecule has 1 fully saturated rings. The maximum atomic E-state index is 10.8. The summed E-state index contributed by atoms with van der Waals surface area (Å²) >= 11 is 0. The Kier molecular flexibility index (Phi) is 3.81. The molecule has 3 rings (SSSR count). The van der Waals surface area contributed by atoms with Crippen LogP contribution in [0.1, 0.15) is 29.0 Å². The quantitative estimate of drug-likeness (QED) is 0.883. The van der Waals surface area contributed by atoms with Gasteiger partial charge in [-0.3, -0.25) is 0 Å². The molecule has 2 heterocycles. The van der Waals surface area contributed by atoms with Gasteiger partial charge in [0, 0.05) is 24.5 Å². The van der Waals surface area contributed by atoms with Crippen molar-refractivity contribution in [3.63, 3.8) is 0 Å². The number of rotatable bonds is 5. The first-order valence-electron chi connectivity index (χ1n) is 7.12. The number of nitrogens with zero attached hydrogens (tertiary/aromatic N) is 1. The molecular formula is C16H18N2O3. The molecule has 1 aromatic carbocycles. The lowest BCUT2D eigenvalue weighted by Crippen LogP contribution is -2.17. The first-order valence-corrected chi connectivity index (χ1v) is 7.12. The molecule has 21 heavy (non-hydrogen) atoms. The first-order chi connectivity index (χ1) is 10.2. The summed E-state index contributed by atoms with van der Waals surface area (Å²) in [5.74, 6) is -0.365. The van der Waals surface area contributed by atoms with E-state index in [1.807, 2.05) is 12.1 Å². The van der Waals surface area contributed by atoms with Gasteiger partial charge in [0.2, 0.25) is 0 Å². The van der Waals surface area contributed by atoms with Gasteiger partial charge in [-0.1, -0.05) is 0 Å². The fourth-order valence-corrected chi connectivity index (χ4v) is 2.54. The Bertz CT molecular complexity index is 613. The van der Waals surface area contributed by atoms with Gasteiger partial charge in [-0.2, -0.15) is 0 Å². The van der Waals surface area contributed by atoms with E-state index in [0.29, 0.717) is 12.3 Å². The van der Waals surface area contributed by atoms with Crippen LogP contribution in [0.5, 0.6) is 0 Å². The number of hydrogen-bond donors (Lipinski definition) is 2. The predicted octanol–water partition coefficient (Wildman–Crippen LogP) is 3.19. The monoisotopic (exact) mass is 286 g/mol. The highest BCUT2D eigenvalue weighted by Crippen LogP contribution is 2.22. The van der Waals surface area contributed by atoms with E-state index < -0.39 is 5.97 Å². The highest BCUT2D eigenvalue weighted by molar-refractivity contribution is 5.87. The third kappa shape index (κ3) is 3.18. The maximum absolute atomic E-state index is 10.8. The van der Waals surface area contributed by atoms with Gasteiger partial charge in [0.25, 0.3) is 0 Å². The predicted molar refractivity (Wildman–Crippen MR) is 80.9 cm³/mol. The number of hydrogen-bond acceptors (Lipinski definition) is 4. The average Bonchev–Trinajstić information content (AvgIpc) is 3.17. The third-order valence-electron chi connectivity index (χ3n) is 3.71. The highest BCUT2D eigenvalue weighted by atomic mass is 16.4. The summed E-state index contributed by atoms with van der Waals surface area (Å²) in [6, 6.07) is 9.83. The number of carboxylic acids is 1. The highest BCUT2D eigenvalue weighted by Gasteiger charge is 2.12. The Morgan fingerprint density at radius 3 is 2.57 bits per heavy atom. The zero-order chi connectivity index (χ0) is 14.7. The lowest BCUT2D eigenvalue weighted by molar-refractivity contribution is 0.0696. The Hall–Kier alpha value is -2.43. The van der Waals surface area contributed by atoms with E-state index in [4.69, 9.17) is 9.52 Å². The van der Waals surface area contributed by atoms with Crippen LogP contribution >= 0.6 is 0 Å². The number of anilines is 2. The van der Waals surface area contributed by atoms with Crippen molar-refractivity contribution in [2.75, 3.05) is 23.3 Å². The number of aromatic carboxylic acids is 1. The van der Waals surface area contributed by atoms with Crippen molar-refractivity contribution < 1.29 is 14.3 Å². The van der Waals surface area contributed by atoms with Crippen molar-refractivity contribution in [3.8, 4) is 0 Å². The smallest absolute Gasteiger partial charge is 0.338 e. The Labute approximate surface area is 123 Å². The van der Waals surface area contributed by atoms with E-state index in [-0.39, 0.29) is 5.56 Å². The van der Waals surface area contributed by atoms with Crippen molar-refractivity contribution in [2.45, 2.75) is 19.4 Å². The molecule has 0 amide bonds. The molecule has 0 bridgehead atoms. The molecule has 1 aromatic heterocycles. The van der Waals surface area contributed by atoms with Gasteiger partial charge in [-0.15, -0.1) is 0 Å². The van der Waals surface area contributed by atoms with Gasteiger partial charge < -0.3 is 19.7 Å². The maximum Gasteiger partial charge on any atom is 0.338 e. The molecule has 0 aliphatic carbocycles. The fourth-order valence-electron chi connectivity index (χ4n) is 2.54. The average molecular weight is 286 g/mol. The van der Waals surface area contributed by atoms with Gasteiger partial charge in [0.05, 0.1) is 12.1 Å². The summed E-state index contributed by atoms with van der Waals surface area (Å²) in [6.07, 6.45) is 3.80. The van der Waals surface area contributed by atoms with Crippen LogP contribution in [0.15, 0.2) is 41.0 Å². The van der Waals surface area contributed by atoms with Crippen molar-refractivity contribution >= 4 is 17.3 Å². The molecule has 1 saturated heterocycles. The molecule has 1 aliphatic heterocycles. The number of furan rings is 1. The zero-order valence-corrected chi connectivity index (χ0v) is 11.7. The van der Waals surface area contributed by atoms with Crippen LogP contribution in [-0.4, -0.2) is 24.2 Å². The number of carboxylic acid groups (broad SMARTS) is 1. The third-order valence-corrected chi connectivity index (χ3v) is 3.71. The van der Waals surface area contributed by atoms with E-state index >= 15 is 0 Å². The van der Waals surface area contributed by atoms with Crippen LogP contribution in [0.2, 0.25) is 0 Å².